The Labute approximate surface area is 239 Å². The number of aromatic nitrogens is 3. The van der Waals surface area contributed by atoms with E-state index in [0.29, 0.717) is 14.2 Å². The molecule has 46 heavy (non-hydrogen) atoms. The number of halogens is 18. The Balaban J connectivity index is 3.34. The van der Waals surface area contributed by atoms with Gasteiger partial charge in [-0.05, 0) is 0 Å². The molecule has 260 valence electrons. The Morgan fingerprint density at radius 3 is 1.17 bits per heavy atom. The van der Waals surface area contributed by atoms with Crippen molar-refractivity contribution >= 4 is 17.3 Å². The molecule has 0 fully saturated rings. The highest BCUT2D eigenvalue weighted by molar-refractivity contribution is 5.70. The van der Waals surface area contributed by atoms with E-state index in [4.69, 9.17) is 0 Å². The van der Waals surface area contributed by atoms with Crippen LogP contribution in [0.25, 0.3) is 0 Å². The normalized spacial score (nSPS) is 14.3. The van der Waals surface area contributed by atoms with Gasteiger partial charge >= 0.3 is 53.6 Å². The van der Waals surface area contributed by atoms with E-state index in [9.17, 15) is 89.1 Å². The maximum Gasteiger partial charge on any atom is 0.419 e. The fourth-order valence-electron chi connectivity index (χ4n) is 3.73. The maximum absolute atomic E-state index is 13.8. The zero-order chi connectivity index (χ0) is 36.3. The molecule has 9 nitrogen and oxygen atoms in total. The van der Waals surface area contributed by atoms with Crippen LogP contribution >= 0.6 is 0 Å². The van der Waals surface area contributed by atoms with Gasteiger partial charge in [-0.2, -0.15) is 89.0 Å². The van der Waals surface area contributed by atoms with Crippen molar-refractivity contribution in [3.63, 3.8) is 0 Å². The first kappa shape index (κ1) is 38.0. The SMILES string of the molecule is COc1cc([N+](=O)[O-])c(OC)cc1Nc1nc(C(C(F)(F)F)(C(F)(F)F)C(F)(F)F)nc(C(C(F)(F)F)(C(F)(F)F)C(F)(F)F)n1. The zero-order valence-electron chi connectivity index (χ0n) is 21.4. The number of nitrogens with one attached hydrogen (secondary N) is 1. The number of nitro groups is 1. The molecule has 0 aliphatic rings. The highest BCUT2D eigenvalue weighted by Crippen LogP contribution is 2.62. The van der Waals surface area contributed by atoms with Gasteiger partial charge in [0, 0.05) is 6.07 Å². The van der Waals surface area contributed by atoms with Crippen molar-refractivity contribution in [2.24, 2.45) is 0 Å². The van der Waals surface area contributed by atoms with E-state index in [1.165, 1.54) is 10.3 Å². The molecule has 27 heteroatoms. The molecular formula is C19H9F18N5O4. The predicted octanol–water partition coefficient (Wildman–Crippen LogP) is 7.39. The third-order valence-corrected chi connectivity index (χ3v) is 5.80. The number of benzene rings is 1. The van der Waals surface area contributed by atoms with Crippen LogP contribution in [0.4, 0.5) is 96.4 Å². The fraction of sp³-hybridized carbons (Fsp3) is 0.526. The van der Waals surface area contributed by atoms with Gasteiger partial charge in [-0.15, -0.1) is 0 Å². The topological polar surface area (TPSA) is 112 Å². The number of methoxy groups -OCH3 is 2. The number of nitro benzene ring substituents is 1. The summed E-state index contributed by atoms with van der Waals surface area (Å²) in [4.78, 5) is 15.3. The van der Waals surface area contributed by atoms with Gasteiger partial charge in [0.25, 0.3) is 0 Å². The summed E-state index contributed by atoms with van der Waals surface area (Å²) < 4.78 is 257. The molecule has 0 aliphatic heterocycles. The van der Waals surface area contributed by atoms with E-state index in [0.717, 1.165) is 0 Å². The molecule has 0 saturated carbocycles. The molecular weight excluding hydrogens is 704 g/mol. The molecule has 0 unspecified atom stereocenters. The fourth-order valence-corrected chi connectivity index (χ4v) is 3.73. The second-order valence-electron chi connectivity index (χ2n) is 8.40. The molecule has 0 aliphatic carbocycles. The summed E-state index contributed by atoms with van der Waals surface area (Å²) in [6.07, 6.45) is -47.2. The highest BCUT2D eigenvalue weighted by Gasteiger charge is 2.89. The molecule has 1 heterocycles. The van der Waals surface area contributed by atoms with E-state index < -0.39 is 93.3 Å². The number of rotatable bonds is 7. The van der Waals surface area contributed by atoms with Gasteiger partial charge in [-0.25, -0.2) is 4.98 Å². The van der Waals surface area contributed by atoms with E-state index in [-0.39, 0.29) is 12.1 Å². The lowest BCUT2D eigenvalue weighted by molar-refractivity contribution is -0.391. The summed E-state index contributed by atoms with van der Waals surface area (Å²) >= 11 is 0. The van der Waals surface area contributed by atoms with Crippen molar-refractivity contribution in [3.05, 3.63) is 33.9 Å². The maximum atomic E-state index is 13.8. The molecule has 0 atom stereocenters. The number of anilines is 2. The van der Waals surface area contributed by atoms with Crippen molar-refractivity contribution in [1.82, 2.24) is 15.0 Å². The summed E-state index contributed by atoms with van der Waals surface area (Å²) in [7, 11) is 1.25. The smallest absolute Gasteiger partial charge is 0.419 e. The van der Waals surface area contributed by atoms with Crippen LogP contribution < -0.4 is 14.8 Å². The van der Waals surface area contributed by atoms with Crippen LogP contribution in [0.2, 0.25) is 0 Å². The van der Waals surface area contributed by atoms with Crippen LogP contribution in [0.5, 0.6) is 11.5 Å². The number of nitrogens with zero attached hydrogens (tertiary/aromatic N) is 4. The minimum absolute atomic E-state index is 0.231. The minimum Gasteiger partial charge on any atom is -0.494 e. The quantitative estimate of drug-likeness (QED) is 0.180. The Kier molecular flexibility index (Phi) is 9.27. The molecule has 0 amide bonds. The molecule has 0 spiro atoms. The summed E-state index contributed by atoms with van der Waals surface area (Å²) in [5, 5.41) is 12.4. The van der Waals surface area contributed by atoms with Crippen LogP contribution in [0.3, 0.4) is 0 Å². The molecule has 1 N–H and O–H groups in total. The number of alkyl halides is 18. The van der Waals surface area contributed by atoms with Gasteiger partial charge in [-0.3, -0.25) is 10.1 Å². The van der Waals surface area contributed by atoms with Crippen molar-refractivity contribution in [1.29, 1.82) is 0 Å². The average molecular weight is 713 g/mol. The lowest BCUT2D eigenvalue weighted by atomic mass is 9.82. The first-order valence-electron chi connectivity index (χ1n) is 10.7. The monoisotopic (exact) mass is 713 g/mol. The predicted molar refractivity (Wildman–Crippen MR) is 109 cm³/mol. The van der Waals surface area contributed by atoms with Gasteiger partial charge in [0.05, 0.1) is 30.9 Å². The minimum atomic E-state index is -7.87. The molecule has 2 aromatic rings. The highest BCUT2D eigenvalue weighted by atomic mass is 19.4. The zero-order valence-corrected chi connectivity index (χ0v) is 21.4. The van der Waals surface area contributed by atoms with E-state index >= 15 is 0 Å². The Bertz CT molecular complexity index is 1320. The second kappa shape index (κ2) is 11.2. The van der Waals surface area contributed by atoms with Crippen LogP contribution in [0.15, 0.2) is 12.1 Å². The van der Waals surface area contributed by atoms with E-state index in [1.807, 2.05) is 9.97 Å². The van der Waals surface area contributed by atoms with Gasteiger partial charge in [0.2, 0.25) is 5.95 Å². The van der Waals surface area contributed by atoms with Crippen LogP contribution in [0.1, 0.15) is 11.6 Å². The first-order valence-corrected chi connectivity index (χ1v) is 10.7. The van der Waals surface area contributed by atoms with Gasteiger partial charge in [-0.1, -0.05) is 0 Å². The standard InChI is InChI=1S/C19H9F18N5O4/c1-45-7-4-6(42(43)44)8(46-2)3-5(7)38-11-40-9(12(14(20,21)22,15(23,24)25)16(26,27)28)39-10(41-11)13(17(29,30)31,18(32,33)34)19(35,36)37/h3-4H,1-2H3,(H,38,39,40,41). The molecule has 0 radical (unpaired) electrons. The van der Waals surface area contributed by atoms with Gasteiger partial charge in [0.1, 0.15) is 5.75 Å². The Morgan fingerprint density at radius 1 is 0.587 bits per heavy atom. The van der Waals surface area contributed by atoms with Crippen LogP contribution in [0, 0.1) is 10.1 Å². The summed E-state index contributed by atoms with van der Waals surface area (Å²) in [5.74, 6) is -13.0. The molecule has 1 aromatic carbocycles. The molecule has 1 aromatic heterocycles. The Hall–Kier alpha value is -4.23. The number of hydrogen-bond acceptors (Lipinski definition) is 8. The van der Waals surface area contributed by atoms with Crippen molar-refractivity contribution in [2.75, 3.05) is 19.5 Å². The lowest BCUT2D eigenvalue weighted by Gasteiger charge is -2.39. The van der Waals surface area contributed by atoms with Crippen LogP contribution in [-0.4, -0.2) is 71.2 Å². The van der Waals surface area contributed by atoms with Crippen LogP contribution in [-0.2, 0) is 10.8 Å². The summed E-state index contributed by atoms with van der Waals surface area (Å²) in [5.41, 5.74) is -17.6. The Morgan fingerprint density at radius 2 is 0.913 bits per heavy atom. The van der Waals surface area contributed by atoms with E-state index in [1.54, 1.807) is 0 Å². The molecule has 0 bridgehead atoms. The van der Waals surface area contributed by atoms with Crippen molar-refractivity contribution in [2.45, 2.75) is 47.9 Å². The average Bonchev–Trinajstić information content (AvgIpc) is 2.78. The molecule has 2 rings (SSSR count). The number of ether oxygens (including phenoxy) is 2. The number of hydrogen-bond donors (Lipinski definition) is 1. The van der Waals surface area contributed by atoms with Crippen molar-refractivity contribution in [3.8, 4) is 11.5 Å². The van der Waals surface area contributed by atoms with Gasteiger partial charge < -0.3 is 14.8 Å². The lowest BCUT2D eigenvalue weighted by Crippen LogP contribution is -2.66. The largest absolute Gasteiger partial charge is 0.494 e. The second-order valence-corrected chi connectivity index (χ2v) is 8.40. The third kappa shape index (κ3) is 5.77. The first-order chi connectivity index (χ1) is 20.4. The van der Waals surface area contributed by atoms with E-state index in [2.05, 4.69) is 9.47 Å². The third-order valence-electron chi connectivity index (χ3n) is 5.80. The molecule has 0 saturated heterocycles. The summed E-state index contributed by atoms with van der Waals surface area (Å²) in [6.45, 7) is 0. The van der Waals surface area contributed by atoms with Crippen molar-refractivity contribution < 1.29 is 93.4 Å². The van der Waals surface area contributed by atoms with Gasteiger partial charge in [0.15, 0.2) is 17.4 Å². The summed E-state index contributed by atoms with van der Waals surface area (Å²) in [6, 6.07) is 0.510.